The van der Waals surface area contributed by atoms with Crippen molar-refractivity contribution >= 4 is 29.7 Å². The number of carbonyl (C=O) groups is 2. The molecule has 0 spiro atoms. The molecule has 6 nitrogen and oxygen atoms in total. The van der Waals surface area contributed by atoms with Crippen molar-refractivity contribution in [2.45, 2.75) is 11.9 Å². The van der Waals surface area contributed by atoms with Gasteiger partial charge in [0.1, 0.15) is 16.9 Å². The summed E-state index contributed by atoms with van der Waals surface area (Å²) in [7, 11) is 0. The molecule has 24 heavy (non-hydrogen) atoms. The molecule has 0 radical (unpaired) electrons. The maximum absolute atomic E-state index is 12.2. The molecule has 3 aliphatic heterocycles. The van der Waals surface area contributed by atoms with E-state index in [1.165, 1.54) is 27.6 Å². The number of carboxylic acid groups (broad SMARTS) is 1. The zero-order chi connectivity index (χ0) is 16.4. The average molecular weight is 337 g/mol. The minimum atomic E-state index is -1.07. The number of amides is 1. The van der Waals surface area contributed by atoms with Crippen LogP contribution in [0.4, 0.5) is 0 Å². The van der Waals surface area contributed by atoms with E-state index in [4.69, 9.17) is 5.11 Å². The van der Waals surface area contributed by atoms with Gasteiger partial charge in [-0.05, 0) is 11.6 Å². The van der Waals surface area contributed by atoms with Gasteiger partial charge in [0.2, 0.25) is 0 Å². The molecular formula is C17H11N3O3S. The van der Waals surface area contributed by atoms with Crippen LogP contribution in [0.2, 0.25) is 0 Å². The largest absolute Gasteiger partial charge is 0.477 e. The highest BCUT2D eigenvalue weighted by Crippen LogP contribution is 2.45. The SMILES string of the molecule is O=C(O)C1=CS[C@@H]2C(=Cc3cn4c(n3)-c3ccccc3C4)C(=O)N12. The van der Waals surface area contributed by atoms with E-state index in [9.17, 15) is 9.59 Å². The Kier molecular flexibility index (Phi) is 2.62. The van der Waals surface area contributed by atoms with Gasteiger partial charge in [-0.3, -0.25) is 9.69 Å². The minimum absolute atomic E-state index is 0.0495. The van der Waals surface area contributed by atoms with Crippen LogP contribution >= 0.6 is 11.8 Å². The predicted octanol–water partition coefficient (Wildman–Crippen LogP) is 2.14. The molecule has 0 bridgehead atoms. The number of nitrogens with zero attached hydrogens (tertiary/aromatic N) is 3. The molecule has 2 aromatic rings. The molecule has 1 saturated heterocycles. The fourth-order valence-corrected chi connectivity index (χ4v) is 4.45. The van der Waals surface area contributed by atoms with Gasteiger partial charge in [0.25, 0.3) is 5.91 Å². The standard InChI is InChI=1S/C17H11N3O3S/c21-15-12(16-20(15)13(8-24-16)17(22)23)5-10-7-19-6-9-3-1-2-4-11(9)14(19)18-10/h1-5,7-8,16H,6H2,(H,22,23)/t16-/m1/s1. The molecule has 7 heteroatoms. The molecule has 1 aromatic carbocycles. The van der Waals surface area contributed by atoms with Gasteiger partial charge in [-0.25, -0.2) is 9.78 Å². The number of fused-ring (bicyclic) bond motifs is 4. The monoisotopic (exact) mass is 337 g/mol. The summed E-state index contributed by atoms with van der Waals surface area (Å²) < 4.78 is 2.07. The number of carboxylic acids is 1. The van der Waals surface area contributed by atoms with Crippen LogP contribution in [0.15, 0.2) is 47.1 Å². The van der Waals surface area contributed by atoms with Crippen LogP contribution in [0.25, 0.3) is 17.5 Å². The minimum Gasteiger partial charge on any atom is -0.477 e. The van der Waals surface area contributed by atoms with Crippen molar-refractivity contribution in [3.63, 3.8) is 0 Å². The molecule has 1 amide bonds. The zero-order valence-corrected chi connectivity index (χ0v) is 13.2. The lowest BCUT2D eigenvalue weighted by atomic mass is 10.0. The van der Waals surface area contributed by atoms with Crippen LogP contribution < -0.4 is 0 Å². The van der Waals surface area contributed by atoms with Crippen LogP contribution in [0.3, 0.4) is 0 Å². The summed E-state index contributed by atoms with van der Waals surface area (Å²) in [6, 6.07) is 8.14. The van der Waals surface area contributed by atoms with Crippen molar-refractivity contribution < 1.29 is 14.7 Å². The van der Waals surface area contributed by atoms with Crippen LogP contribution in [0, 0.1) is 0 Å². The lowest BCUT2D eigenvalue weighted by Gasteiger charge is -2.36. The van der Waals surface area contributed by atoms with Gasteiger partial charge in [-0.15, -0.1) is 11.8 Å². The fraction of sp³-hybridized carbons (Fsp3) is 0.118. The number of carbonyl (C=O) groups excluding carboxylic acids is 1. The molecule has 1 aromatic heterocycles. The molecule has 5 rings (SSSR count). The number of rotatable bonds is 2. The van der Waals surface area contributed by atoms with Gasteiger partial charge in [-0.1, -0.05) is 24.3 Å². The van der Waals surface area contributed by atoms with Crippen molar-refractivity contribution in [2.24, 2.45) is 0 Å². The number of hydrogen-bond acceptors (Lipinski definition) is 4. The lowest BCUT2D eigenvalue weighted by Crippen LogP contribution is -2.51. The predicted molar refractivity (Wildman–Crippen MR) is 88.7 cm³/mol. The number of β-lactam (4-membered cyclic amide) rings is 1. The first kappa shape index (κ1) is 13.6. The number of hydrogen-bond donors (Lipinski definition) is 1. The second-order valence-electron chi connectivity index (χ2n) is 5.85. The topological polar surface area (TPSA) is 75.4 Å². The van der Waals surface area contributed by atoms with Gasteiger partial charge < -0.3 is 9.67 Å². The first-order chi connectivity index (χ1) is 11.6. The average Bonchev–Trinajstić information content (AvgIpc) is 3.22. The van der Waals surface area contributed by atoms with Crippen molar-refractivity contribution in [1.82, 2.24) is 14.5 Å². The summed E-state index contributed by atoms with van der Waals surface area (Å²) in [6.07, 6.45) is 3.70. The first-order valence-electron chi connectivity index (χ1n) is 7.43. The fourth-order valence-electron chi connectivity index (χ4n) is 3.33. The second-order valence-corrected chi connectivity index (χ2v) is 6.80. The van der Waals surface area contributed by atoms with E-state index in [1.807, 2.05) is 24.4 Å². The Labute approximate surface area is 141 Å². The summed E-state index contributed by atoms with van der Waals surface area (Å²) in [5, 5.41) is 10.4. The van der Waals surface area contributed by atoms with Crippen LogP contribution in [-0.2, 0) is 16.1 Å². The Bertz CT molecular complexity index is 989. The van der Waals surface area contributed by atoms with Gasteiger partial charge >= 0.3 is 5.97 Å². The highest BCUT2D eigenvalue weighted by Gasteiger charge is 2.49. The maximum Gasteiger partial charge on any atom is 0.353 e. The molecule has 1 N–H and O–H groups in total. The summed E-state index contributed by atoms with van der Waals surface area (Å²) in [5.41, 5.74) is 3.73. The van der Waals surface area contributed by atoms with E-state index in [2.05, 4.69) is 15.6 Å². The Morgan fingerprint density at radius 2 is 2.21 bits per heavy atom. The molecule has 4 heterocycles. The quantitative estimate of drug-likeness (QED) is 0.573. The highest BCUT2D eigenvalue weighted by molar-refractivity contribution is 8.03. The number of benzene rings is 1. The van der Waals surface area contributed by atoms with Gasteiger partial charge in [0, 0.05) is 23.7 Å². The molecule has 3 aliphatic rings. The normalized spacial score (nSPS) is 22.1. The Morgan fingerprint density at radius 1 is 1.38 bits per heavy atom. The van der Waals surface area contributed by atoms with E-state index in [0.717, 1.165) is 23.6 Å². The van der Waals surface area contributed by atoms with Crippen molar-refractivity contribution in [3.8, 4) is 11.4 Å². The third-order valence-corrected chi connectivity index (χ3v) is 5.53. The Hall–Kier alpha value is -2.80. The van der Waals surface area contributed by atoms with Crippen LogP contribution in [-0.4, -0.2) is 36.8 Å². The number of imidazole rings is 1. The van der Waals surface area contributed by atoms with E-state index in [1.54, 1.807) is 6.08 Å². The second kappa shape index (κ2) is 4.61. The highest BCUT2D eigenvalue weighted by atomic mass is 32.2. The molecular weight excluding hydrogens is 326 g/mol. The van der Waals surface area contributed by atoms with Gasteiger partial charge in [0.15, 0.2) is 0 Å². The zero-order valence-electron chi connectivity index (χ0n) is 12.3. The van der Waals surface area contributed by atoms with Crippen LogP contribution in [0.1, 0.15) is 11.3 Å². The van der Waals surface area contributed by atoms with E-state index in [-0.39, 0.29) is 17.0 Å². The molecule has 0 saturated carbocycles. The number of thioether (sulfide) groups is 1. The summed E-state index contributed by atoms with van der Waals surface area (Å²) in [5.74, 6) is -0.424. The van der Waals surface area contributed by atoms with Crippen molar-refractivity contribution in [3.05, 3.63) is 58.4 Å². The third-order valence-electron chi connectivity index (χ3n) is 4.45. The molecule has 0 aliphatic carbocycles. The van der Waals surface area contributed by atoms with Gasteiger partial charge in [-0.2, -0.15) is 0 Å². The maximum atomic E-state index is 12.2. The van der Waals surface area contributed by atoms with Gasteiger partial charge in [0.05, 0.1) is 11.3 Å². The van der Waals surface area contributed by atoms with E-state index in [0.29, 0.717) is 5.57 Å². The molecule has 0 unspecified atom stereocenters. The van der Waals surface area contributed by atoms with Crippen molar-refractivity contribution in [1.29, 1.82) is 0 Å². The number of aliphatic carboxylic acids is 1. The number of aromatic nitrogens is 2. The first-order valence-corrected chi connectivity index (χ1v) is 8.37. The summed E-state index contributed by atoms with van der Waals surface area (Å²) in [6.45, 7) is 0.782. The van der Waals surface area contributed by atoms with E-state index < -0.39 is 5.97 Å². The lowest BCUT2D eigenvalue weighted by molar-refractivity contribution is -0.141. The Balaban J connectivity index is 1.46. The van der Waals surface area contributed by atoms with E-state index >= 15 is 0 Å². The van der Waals surface area contributed by atoms with Crippen molar-refractivity contribution in [2.75, 3.05) is 0 Å². The van der Waals surface area contributed by atoms with Crippen LogP contribution in [0.5, 0.6) is 0 Å². The smallest absolute Gasteiger partial charge is 0.353 e. The molecule has 1 atom stereocenters. The summed E-state index contributed by atoms with van der Waals surface area (Å²) in [4.78, 5) is 29.3. The molecule has 1 fully saturated rings. The summed E-state index contributed by atoms with van der Waals surface area (Å²) >= 11 is 1.34. The molecule has 118 valence electrons. The third kappa shape index (κ3) is 1.70. The Morgan fingerprint density at radius 3 is 3.04 bits per heavy atom.